The predicted octanol–water partition coefficient (Wildman–Crippen LogP) is 2.40. The third kappa shape index (κ3) is 2.41. The summed E-state index contributed by atoms with van der Waals surface area (Å²) >= 11 is 0. The number of hydrogen-bond acceptors (Lipinski definition) is 2. The molecule has 1 N–H and O–H groups in total. The Morgan fingerprint density at radius 1 is 1.39 bits per heavy atom. The van der Waals surface area contributed by atoms with Crippen molar-refractivity contribution in [3.05, 3.63) is 53.6 Å². The lowest BCUT2D eigenvalue weighted by molar-refractivity contribution is 0.522. The summed E-state index contributed by atoms with van der Waals surface area (Å²) < 4.78 is 28.9. The SMILES string of the molecule is CCNC(c1cc(F)ccc1F)c1nccn1C. The van der Waals surface area contributed by atoms with Crippen LogP contribution in [-0.4, -0.2) is 16.1 Å². The number of nitrogens with one attached hydrogen (secondary N) is 1. The molecule has 1 unspecified atom stereocenters. The highest BCUT2D eigenvalue weighted by atomic mass is 19.1. The molecule has 0 aliphatic rings. The number of imidazole rings is 1. The molecule has 18 heavy (non-hydrogen) atoms. The van der Waals surface area contributed by atoms with E-state index in [1.807, 2.05) is 14.0 Å². The maximum Gasteiger partial charge on any atom is 0.130 e. The van der Waals surface area contributed by atoms with Crippen molar-refractivity contribution in [2.24, 2.45) is 7.05 Å². The first kappa shape index (κ1) is 12.7. The van der Waals surface area contributed by atoms with Gasteiger partial charge in [-0.15, -0.1) is 0 Å². The highest BCUT2D eigenvalue weighted by Gasteiger charge is 2.21. The molecule has 1 aromatic heterocycles. The molecule has 1 heterocycles. The molecule has 0 aliphatic carbocycles. The Labute approximate surface area is 104 Å². The molecule has 0 saturated carbocycles. The minimum absolute atomic E-state index is 0.270. The van der Waals surface area contributed by atoms with Crippen molar-refractivity contribution in [1.82, 2.24) is 14.9 Å². The van der Waals surface area contributed by atoms with Crippen LogP contribution in [0, 0.1) is 11.6 Å². The lowest BCUT2D eigenvalue weighted by Crippen LogP contribution is -2.25. The smallest absolute Gasteiger partial charge is 0.130 e. The van der Waals surface area contributed by atoms with Gasteiger partial charge in [-0.2, -0.15) is 0 Å². The Morgan fingerprint density at radius 2 is 2.17 bits per heavy atom. The van der Waals surface area contributed by atoms with E-state index in [2.05, 4.69) is 10.3 Å². The molecule has 3 nitrogen and oxygen atoms in total. The molecule has 1 atom stereocenters. The van der Waals surface area contributed by atoms with Gasteiger partial charge in [-0.3, -0.25) is 0 Å². The molecule has 0 aliphatic heterocycles. The van der Waals surface area contributed by atoms with Crippen LogP contribution in [-0.2, 0) is 7.05 Å². The summed E-state index contributed by atoms with van der Waals surface area (Å²) in [5.41, 5.74) is 0.270. The van der Waals surface area contributed by atoms with Crippen LogP contribution in [0.3, 0.4) is 0 Å². The summed E-state index contributed by atoms with van der Waals surface area (Å²) in [6.45, 7) is 2.54. The second-order valence-corrected chi connectivity index (χ2v) is 4.05. The van der Waals surface area contributed by atoms with E-state index in [9.17, 15) is 8.78 Å². The van der Waals surface area contributed by atoms with Gasteiger partial charge in [0.25, 0.3) is 0 Å². The quantitative estimate of drug-likeness (QED) is 0.904. The van der Waals surface area contributed by atoms with Gasteiger partial charge in [0.2, 0.25) is 0 Å². The van der Waals surface area contributed by atoms with Gasteiger partial charge >= 0.3 is 0 Å². The minimum atomic E-state index is -0.455. The number of hydrogen-bond donors (Lipinski definition) is 1. The van der Waals surface area contributed by atoms with Crippen molar-refractivity contribution in [2.75, 3.05) is 6.54 Å². The topological polar surface area (TPSA) is 29.9 Å². The second kappa shape index (κ2) is 5.27. The number of halogens is 2. The van der Waals surface area contributed by atoms with Crippen LogP contribution in [0.15, 0.2) is 30.6 Å². The molecule has 2 aromatic rings. The largest absolute Gasteiger partial charge is 0.336 e. The average molecular weight is 251 g/mol. The third-order valence-electron chi connectivity index (χ3n) is 2.79. The normalized spacial score (nSPS) is 12.7. The maximum atomic E-state index is 13.8. The molecule has 0 spiro atoms. The van der Waals surface area contributed by atoms with Crippen LogP contribution in [0.1, 0.15) is 24.4 Å². The van der Waals surface area contributed by atoms with Crippen molar-refractivity contribution in [1.29, 1.82) is 0 Å². The fourth-order valence-corrected chi connectivity index (χ4v) is 1.94. The van der Waals surface area contributed by atoms with Crippen LogP contribution in [0.5, 0.6) is 0 Å². The van der Waals surface area contributed by atoms with Crippen LogP contribution < -0.4 is 5.32 Å². The van der Waals surface area contributed by atoms with E-state index in [1.165, 1.54) is 6.07 Å². The monoisotopic (exact) mass is 251 g/mol. The first-order valence-electron chi connectivity index (χ1n) is 5.79. The van der Waals surface area contributed by atoms with Crippen molar-refractivity contribution < 1.29 is 8.78 Å². The first-order valence-corrected chi connectivity index (χ1v) is 5.79. The summed E-state index contributed by atoms with van der Waals surface area (Å²) in [7, 11) is 1.82. The maximum absolute atomic E-state index is 13.8. The standard InChI is InChI=1S/C13H15F2N3/c1-3-16-12(13-17-6-7-18(13)2)10-8-9(14)4-5-11(10)15/h4-8,12,16H,3H2,1-2H3. The van der Waals surface area contributed by atoms with Gasteiger partial charge < -0.3 is 9.88 Å². The zero-order valence-corrected chi connectivity index (χ0v) is 10.3. The van der Waals surface area contributed by atoms with Gasteiger partial charge in [-0.1, -0.05) is 6.92 Å². The molecule has 1 aromatic carbocycles. The van der Waals surface area contributed by atoms with Crippen molar-refractivity contribution in [3.8, 4) is 0 Å². The van der Waals surface area contributed by atoms with Crippen LogP contribution >= 0.6 is 0 Å². The number of aryl methyl sites for hydroxylation is 1. The molecule has 0 bridgehead atoms. The van der Waals surface area contributed by atoms with Crippen LogP contribution in [0.2, 0.25) is 0 Å². The van der Waals surface area contributed by atoms with E-state index in [0.29, 0.717) is 12.4 Å². The Bertz CT molecular complexity index is 537. The fraction of sp³-hybridized carbons (Fsp3) is 0.308. The van der Waals surface area contributed by atoms with Crippen LogP contribution in [0.4, 0.5) is 8.78 Å². The molecule has 0 radical (unpaired) electrons. The molecule has 2 rings (SSSR count). The van der Waals surface area contributed by atoms with Crippen molar-refractivity contribution in [3.63, 3.8) is 0 Å². The van der Waals surface area contributed by atoms with Gasteiger partial charge in [-0.25, -0.2) is 13.8 Å². The van der Waals surface area contributed by atoms with Gasteiger partial charge in [0, 0.05) is 25.0 Å². The zero-order chi connectivity index (χ0) is 13.1. The van der Waals surface area contributed by atoms with Gasteiger partial charge in [0.1, 0.15) is 17.5 Å². The first-order chi connectivity index (χ1) is 8.63. The third-order valence-corrected chi connectivity index (χ3v) is 2.79. The molecular weight excluding hydrogens is 236 g/mol. The lowest BCUT2D eigenvalue weighted by Gasteiger charge is -2.18. The Balaban J connectivity index is 2.48. The number of rotatable bonds is 4. The van der Waals surface area contributed by atoms with Gasteiger partial charge in [-0.05, 0) is 24.7 Å². The molecule has 96 valence electrons. The predicted molar refractivity (Wildman–Crippen MR) is 65.1 cm³/mol. The fourth-order valence-electron chi connectivity index (χ4n) is 1.94. The lowest BCUT2D eigenvalue weighted by atomic mass is 10.1. The van der Waals surface area contributed by atoms with E-state index in [4.69, 9.17) is 0 Å². The van der Waals surface area contributed by atoms with Gasteiger partial charge in [0.15, 0.2) is 0 Å². The Hall–Kier alpha value is -1.75. The number of nitrogens with zero attached hydrogens (tertiary/aromatic N) is 2. The molecular formula is C13H15F2N3. The van der Waals surface area contributed by atoms with E-state index in [-0.39, 0.29) is 5.56 Å². The highest BCUT2D eigenvalue weighted by molar-refractivity contribution is 5.27. The Morgan fingerprint density at radius 3 is 2.78 bits per heavy atom. The average Bonchev–Trinajstić information content (AvgIpc) is 2.76. The summed E-state index contributed by atoms with van der Waals surface area (Å²) in [6.07, 6.45) is 3.41. The second-order valence-electron chi connectivity index (χ2n) is 4.05. The molecule has 5 heteroatoms. The summed E-state index contributed by atoms with van der Waals surface area (Å²) in [6, 6.07) is 3.00. The highest BCUT2D eigenvalue weighted by Crippen LogP contribution is 2.23. The van der Waals surface area contributed by atoms with E-state index in [1.54, 1.807) is 17.0 Å². The summed E-state index contributed by atoms with van der Waals surface area (Å²) in [4.78, 5) is 4.19. The van der Waals surface area contributed by atoms with E-state index < -0.39 is 17.7 Å². The Kier molecular flexibility index (Phi) is 3.72. The number of benzene rings is 1. The van der Waals surface area contributed by atoms with Crippen molar-refractivity contribution >= 4 is 0 Å². The summed E-state index contributed by atoms with van der Waals surface area (Å²) in [5, 5.41) is 3.12. The van der Waals surface area contributed by atoms with E-state index >= 15 is 0 Å². The number of aromatic nitrogens is 2. The zero-order valence-electron chi connectivity index (χ0n) is 10.3. The van der Waals surface area contributed by atoms with Crippen LogP contribution in [0.25, 0.3) is 0 Å². The van der Waals surface area contributed by atoms with Gasteiger partial charge in [0.05, 0.1) is 6.04 Å². The molecule has 0 fully saturated rings. The molecule has 0 saturated heterocycles. The van der Waals surface area contributed by atoms with E-state index in [0.717, 1.165) is 12.1 Å². The minimum Gasteiger partial charge on any atom is -0.336 e. The van der Waals surface area contributed by atoms with Crippen molar-refractivity contribution in [2.45, 2.75) is 13.0 Å². The molecule has 0 amide bonds. The summed E-state index contributed by atoms with van der Waals surface area (Å²) in [5.74, 6) is -0.241.